The maximum Gasteiger partial charge on any atom is 0.312 e. The molecular formula is C49H69ClN6O13. The number of primary amides is 1. The van der Waals surface area contributed by atoms with Crippen LogP contribution in [0.25, 0.3) is 0 Å². The summed E-state index contributed by atoms with van der Waals surface area (Å²) in [5.41, 5.74) is 9.66. The number of nitrogens with zero attached hydrogens (tertiary/aromatic N) is 1. The fraction of sp³-hybridized carbons (Fsp3) is 0.531. The fourth-order valence-corrected chi connectivity index (χ4v) is 7.15. The Labute approximate surface area is 409 Å². The highest BCUT2D eigenvalue weighted by Gasteiger charge is 2.40. The van der Waals surface area contributed by atoms with Gasteiger partial charge in [0.05, 0.1) is 95.5 Å². The van der Waals surface area contributed by atoms with Gasteiger partial charge in [-0.25, -0.2) is 9.79 Å². The summed E-state index contributed by atoms with van der Waals surface area (Å²) >= 11 is 6.26. The smallest absolute Gasteiger partial charge is 0.312 e. The number of carbonyl (C=O) groups is 6. The minimum atomic E-state index is -0.903. The first-order valence-corrected chi connectivity index (χ1v) is 23.5. The minimum absolute atomic E-state index is 0.0375. The van der Waals surface area contributed by atoms with Crippen molar-refractivity contribution in [2.45, 2.75) is 85.3 Å². The number of ether oxygens (including phenoxy) is 6. The average Bonchev–Trinajstić information content (AvgIpc) is 3.30. The van der Waals surface area contributed by atoms with E-state index in [9.17, 15) is 28.8 Å². The Morgan fingerprint density at radius 3 is 1.90 bits per heavy atom. The van der Waals surface area contributed by atoms with E-state index in [1.807, 2.05) is 44.2 Å². The number of benzene rings is 2. The summed E-state index contributed by atoms with van der Waals surface area (Å²) in [7, 11) is 0. The lowest BCUT2D eigenvalue weighted by molar-refractivity contribution is -0.138. The van der Waals surface area contributed by atoms with E-state index in [0.717, 1.165) is 28.8 Å². The second-order valence-corrected chi connectivity index (χ2v) is 17.0. The summed E-state index contributed by atoms with van der Waals surface area (Å²) in [5, 5.41) is 19.3. The van der Waals surface area contributed by atoms with Crippen molar-refractivity contribution in [3.63, 3.8) is 0 Å². The number of aliphatic carboxylic acids is 1. The molecule has 69 heavy (non-hydrogen) atoms. The third-order valence-corrected chi connectivity index (χ3v) is 10.8. The number of allylic oxidation sites excluding steroid dienone is 4. The number of amides is 5. The van der Waals surface area contributed by atoms with E-state index in [2.05, 4.69) is 35.1 Å². The van der Waals surface area contributed by atoms with Crippen LogP contribution in [0.5, 0.6) is 5.75 Å². The number of aliphatic imine (C=N–C) groups is 1. The molecule has 0 saturated heterocycles. The number of nitrogens with one attached hydrogen (secondary N) is 4. The Hall–Kier alpha value is -5.70. The van der Waals surface area contributed by atoms with Crippen LogP contribution in [-0.2, 0) is 59.7 Å². The SMILES string of the molecule is CCC1=C2C(=Nc3ccc(OCc4ccc(NC(=O)CNC(=O)C(NC(=O)CCOCCOCCOCCOCCOCCC(=O)O)C(C)C)cc4)cc3C2(C)C)C=C(Cl)C1=O.CCCNC(N)=O. The average molecular weight is 986 g/mol. The zero-order chi connectivity index (χ0) is 50.8. The second kappa shape index (κ2) is 30.7. The molecule has 0 saturated carbocycles. The molecule has 2 aromatic rings. The summed E-state index contributed by atoms with van der Waals surface area (Å²) in [6.07, 6.45) is 3.14. The normalized spacial score (nSPS) is 14.0. The largest absolute Gasteiger partial charge is 0.489 e. The molecule has 1 unspecified atom stereocenters. The number of hydrogen-bond acceptors (Lipinski definition) is 13. The number of rotatable bonds is 30. The Balaban J connectivity index is 0.00000167. The van der Waals surface area contributed by atoms with Crippen LogP contribution in [0.4, 0.5) is 16.2 Å². The van der Waals surface area contributed by atoms with Crippen LogP contribution in [0.1, 0.15) is 78.4 Å². The van der Waals surface area contributed by atoms with Gasteiger partial charge in [0.25, 0.3) is 0 Å². The van der Waals surface area contributed by atoms with E-state index in [-0.39, 0.29) is 68.5 Å². The lowest BCUT2D eigenvalue weighted by atomic mass is 9.69. The quantitative estimate of drug-likeness (QED) is 0.0432. The molecule has 1 aliphatic carbocycles. The number of anilines is 1. The molecule has 2 aliphatic rings. The van der Waals surface area contributed by atoms with Crippen LogP contribution in [-0.4, -0.2) is 132 Å². The first-order chi connectivity index (χ1) is 33.0. The standard InChI is InChI=1S/C45H59ClN4O12.C4H10N2O/c1-6-33-41-37(26-35(46)43(33)55)49-36-12-11-32(25-34(36)45(41,4)5)62-28-30-7-9-31(10-8-30)48-39(52)27-47-44(56)42(29(2)3)50-38(51)13-15-57-17-19-59-21-23-61-24-22-60-20-18-58-16-14-40(53)54;1-2-3-6-4(5)7/h7-12,25-26,29,42H,6,13-24,27-28H2,1-5H3,(H,47,56)(H,48,52)(H,50,51)(H,53,54);2-3H2,1H3,(H3,5,6,7). The molecule has 1 atom stereocenters. The second-order valence-electron chi connectivity index (χ2n) is 16.6. The van der Waals surface area contributed by atoms with Gasteiger partial charge in [0, 0.05) is 29.6 Å². The molecule has 20 heteroatoms. The van der Waals surface area contributed by atoms with Crippen molar-refractivity contribution < 1.29 is 62.3 Å². The molecule has 0 bridgehead atoms. The molecule has 5 amide bonds. The van der Waals surface area contributed by atoms with E-state index in [4.69, 9.17) is 55.9 Å². The Bertz CT molecular complexity index is 2120. The topological polar surface area (TPSA) is 265 Å². The molecule has 380 valence electrons. The zero-order valence-corrected chi connectivity index (χ0v) is 41.3. The van der Waals surface area contributed by atoms with Gasteiger partial charge in [0.15, 0.2) is 0 Å². The highest BCUT2D eigenvalue weighted by Crippen LogP contribution is 2.47. The number of hydrogen-bond donors (Lipinski definition) is 6. The number of Topliss-reactive ketones (excluding diaryl/α,β-unsaturated/α-hetero) is 1. The van der Waals surface area contributed by atoms with Gasteiger partial charge in [-0.05, 0) is 71.9 Å². The molecule has 7 N–H and O–H groups in total. The van der Waals surface area contributed by atoms with Gasteiger partial charge in [0.2, 0.25) is 23.5 Å². The van der Waals surface area contributed by atoms with Crippen LogP contribution in [0, 0.1) is 5.92 Å². The molecule has 2 aromatic carbocycles. The number of urea groups is 1. The summed E-state index contributed by atoms with van der Waals surface area (Å²) in [6.45, 7) is 15.4. The lowest BCUT2D eigenvalue weighted by Crippen LogP contribution is -2.51. The van der Waals surface area contributed by atoms with Crippen LogP contribution in [0.3, 0.4) is 0 Å². The number of carboxylic acid groups (broad SMARTS) is 1. The lowest BCUT2D eigenvalue weighted by Gasteiger charge is -2.37. The molecule has 0 aromatic heterocycles. The van der Waals surface area contributed by atoms with Gasteiger partial charge in [0.1, 0.15) is 18.4 Å². The Morgan fingerprint density at radius 2 is 1.38 bits per heavy atom. The van der Waals surface area contributed by atoms with Crippen LogP contribution in [0.2, 0.25) is 0 Å². The number of carbonyl (C=O) groups excluding carboxylic acids is 5. The summed E-state index contributed by atoms with van der Waals surface area (Å²) < 4.78 is 32.9. The van der Waals surface area contributed by atoms with E-state index < -0.39 is 35.3 Å². The third-order valence-electron chi connectivity index (χ3n) is 10.5. The van der Waals surface area contributed by atoms with Crippen molar-refractivity contribution in [1.29, 1.82) is 0 Å². The predicted octanol–water partition coefficient (Wildman–Crippen LogP) is 5.25. The van der Waals surface area contributed by atoms with E-state index in [1.165, 1.54) is 0 Å². The first-order valence-electron chi connectivity index (χ1n) is 23.1. The summed E-state index contributed by atoms with van der Waals surface area (Å²) in [5.74, 6) is -1.91. The number of nitrogens with two attached hydrogens (primary N) is 1. The monoisotopic (exact) mass is 984 g/mol. The van der Waals surface area contributed by atoms with Gasteiger partial charge < -0.3 is 60.5 Å². The van der Waals surface area contributed by atoms with E-state index in [1.54, 1.807) is 32.1 Å². The molecular weight excluding hydrogens is 916 g/mol. The molecule has 1 heterocycles. The fourth-order valence-electron chi connectivity index (χ4n) is 6.93. The number of ketones is 1. The van der Waals surface area contributed by atoms with E-state index in [0.29, 0.717) is 81.9 Å². The van der Waals surface area contributed by atoms with Crippen molar-refractivity contribution in [2.75, 3.05) is 84.5 Å². The van der Waals surface area contributed by atoms with Crippen molar-refractivity contribution in [2.24, 2.45) is 16.6 Å². The highest BCUT2D eigenvalue weighted by atomic mass is 35.5. The summed E-state index contributed by atoms with van der Waals surface area (Å²) in [4.78, 5) is 76.2. The number of fused-ring (bicyclic) bond motifs is 2. The third kappa shape index (κ3) is 20.4. The van der Waals surface area contributed by atoms with Crippen LogP contribution in [0.15, 0.2) is 69.7 Å². The molecule has 1 aliphatic heterocycles. The molecule has 0 radical (unpaired) electrons. The zero-order valence-electron chi connectivity index (χ0n) is 40.5. The van der Waals surface area contributed by atoms with Gasteiger partial charge in [-0.15, -0.1) is 0 Å². The van der Waals surface area contributed by atoms with Gasteiger partial charge in [-0.2, -0.15) is 0 Å². The first kappa shape index (κ1) is 57.6. The van der Waals surface area contributed by atoms with Crippen molar-refractivity contribution >= 4 is 64.2 Å². The predicted molar refractivity (Wildman–Crippen MR) is 261 cm³/mol. The number of carboxylic acids is 1. The van der Waals surface area contributed by atoms with Gasteiger partial charge >= 0.3 is 12.0 Å². The number of halogens is 1. The highest BCUT2D eigenvalue weighted by molar-refractivity contribution is 6.49. The van der Waals surface area contributed by atoms with Crippen molar-refractivity contribution in [3.8, 4) is 5.75 Å². The van der Waals surface area contributed by atoms with Crippen molar-refractivity contribution in [3.05, 3.63) is 75.8 Å². The van der Waals surface area contributed by atoms with E-state index >= 15 is 0 Å². The van der Waals surface area contributed by atoms with Crippen LogP contribution >= 0.6 is 11.6 Å². The Kier molecular flexibility index (Phi) is 25.6. The summed E-state index contributed by atoms with van der Waals surface area (Å²) in [6, 6.07) is 11.6. The molecule has 0 fully saturated rings. The van der Waals surface area contributed by atoms with Crippen molar-refractivity contribution in [1.82, 2.24) is 16.0 Å². The van der Waals surface area contributed by atoms with Gasteiger partial charge in [-0.3, -0.25) is 24.0 Å². The van der Waals surface area contributed by atoms with Gasteiger partial charge in [-0.1, -0.05) is 65.3 Å². The van der Waals surface area contributed by atoms with Crippen LogP contribution < -0.4 is 31.7 Å². The maximum atomic E-state index is 12.9. The minimum Gasteiger partial charge on any atom is -0.489 e. The Morgan fingerprint density at radius 1 is 0.797 bits per heavy atom. The molecule has 19 nitrogen and oxygen atoms in total. The maximum absolute atomic E-state index is 12.9. The molecule has 0 spiro atoms. The molecule has 4 rings (SSSR count).